The summed E-state index contributed by atoms with van der Waals surface area (Å²) in [6.07, 6.45) is 0. The number of esters is 1. The zero-order chi connectivity index (χ0) is 17.1. The minimum Gasteiger partial charge on any atom is -0.452 e. The number of nitrogens with zero attached hydrogens (tertiary/aromatic N) is 2. The first-order valence-corrected chi connectivity index (χ1v) is 7.44. The molecule has 1 aromatic heterocycles. The van der Waals surface area contributed by atoms with E-state index in [1.165, 1.54) is 12.1 Å². The second kappa shape index (κ2) is 6.80. The van der Waals surface area contributed by atoms with Gasteiger partial charge in [-0.2, -0.15) is 4.98 Å². The monoisotopic (exact) mass is 346 g/mol. The van der Waals surface area contributed by atoms with Crippen molar-refractivity contribution in [1.82, 2.24) is 10.1 Å². The summed E-state index contributed by atoms with van der Waals surface area (Å²) in [6, 6.07) is 11.5. The maximum Gasteiger partial charge on any atom is 0.343 e. The molecule has 0 aliphatic heterocycles. The summed E-state index contributed by atoms with van der Waals surface area (Å²) in [7, 11) is 0. The molecule has 0 atom stereocenters. The zero-order valence-corrected chi connectivity index (χ0v) is 13.4. The van der Waals surface area contributed by atoms with Crippen LogP contribution in [0.15, 0.2) is 47.0 Å². The number of hydrogen-bond donors (Lipinski definition) is 0. The Morgan fingerprint density at radius 2 is 2.04 bits per heavy atom. The molecule has 2 aromatic carbocycles. The molecule has 24 heavy (non-hydrogen) atoms. The van der Waals surface area contributed by atoms with Crippen LogP contribution in [0.4, 0.5) is 4.39 Å². The molecular formula is C17H12ClFN2O3. The Kier molecular flexibility index (Phi) is 4.57. The third kappa shape index (κ3) is 3.28. The smallest absolute Gasteiger partial charge is 0.343 e. The number of halogens is 2. The molecule has 1 heterocycles. The first-order chi connectivity index (χ1) is 11.6. The molecule has 0 radical (unpaired) electrons. The highest BCUT2D eigenvalue weighted by atomic mass is 35.5. The second-order valence-corrected chi connectivity index (χ2v) is 5.41. The lowest BCUT2D eigenvalue weighted by Crippen LogP contribution is -2.08. The van der Waals surface area contributed by atoms with Crippen molar-refractivity contribution >= 4 is 17.6 Å². The summed E-state index contributed by atoms with van der Waals surface area (Å²) in [5.41, 5.74) is 1.48. The summed E-state index contributed by atoms with van der Waals surface area (Å²) in [6.45, 7) is 1.65. The van der Waals surface area contributed by atoms with E-state index in [1.54, 1.807) is 0 Å². The van der Waals surface area contributed by atoms with Gasteiger partial charge in [-0.1, -0.05) is 47.1 Å². The minimum absolute atomic E-state index is 0.0221. The Morgan fingerprint density at radius 3 is 2.79 bits per heavy atom. The van der Waals surface area contributed by atoms with Crippen LogP contribution in [0.3, 0.4) is 0 Å². The van der Waals surface area contributed by atoms with Crippen molar-refractivity contribution < 1.29 is 18.4 Å². The summed E-state index contributed by atoms with van der Waals surface area (Å²) >= 11 is 5.82. The molecule has 0 saturated heterocycles. The molecule has 0 aliphatic rings. The third-order valence-corrected chi connectivity index (χ3v) is 3.66. The highest BCUT2D eigenvalue weighted by Gasteiger charge is 2.19. The minimum atomic E-state index is -0.895. The number of hydrogen-bond acceptors (Lipinski definition) is 5. The lowest BCUT2D eigenvalue weighted by Gasteiger charge is -2.04. The summed E-state index contributed by atoms with van der Waals surface area (Å²) in [5.74, 6) is -1.15. The quantitative estimate of drug-likeness (QED) is 0.662. The number of ether oxygens (including phenoxy) is 1. The SMILES string of the molecule is Cc1ccccc1-c1noc(COC(=O)c2c(F)cccc2Cl)n1. The normalized spacial score (nSPS) is 10.6. The molecule has 0 unspecified atom stereocenters. The van der Waals surface area contributed by atoms with Gasteiger partial charge in [0, 0.05) is 5.56 Å². The van der Waals surface area contributed by atoms with Crippen LogP contribution in [0.25, 0.3) is 11.4 Å². The number of carbonyl (C=O) groups excluding carboxylic acids is 1. The van der Waals surface area contributed by atoms with Crippen LogP contribution in [0, 0.1) is 12.7 Å². The molecule has 122 valence electrons. The molecule has 3 aromatic rings. The van der Waals surface area contributed by atoms with Gasteiger partial charge in [-0.05, 0) is 24.6 Å². The van der Waals surface area contributed by atoms with Crippen molar-refractivity contribution in [3.05, 3.63) is 70.3 Å². The molecule has 5 nitrogen and oxygen atoms in total. The largest absolute Gasteiger partial charge is 0.452 e. The fraction of sp³-hybridized carbons (Fsp3) is 0.118. The number of rotatable bonds is 4. The van der Waals surface area contributed by atoms with Crippen molar-refractivity contribution in [1.29, 1.82) is 0 Å². The molecule has 0 fully saturated rings. The second-order valence-electron chi connectivity index (χ2n) is 5.00. The Balaban J connectivity index is 1.72. The van der Waals surface area contributed by atoms with Gasteiger partial charge in [0.2, 0.25) is 5.82 Å². The Bertz CT molecular complexity index is 875. The van der Waals surface area contributed by atoms with E-state index in [0.717, 1.165) is 17.2 Å². The Hall–Kier alpha value is -2.73. The molecule has 3 rings (SSSR count). The van der Waals surface area contributed by atoms with Crippen molar-refractivity contribution in [2.45, 2.75) is 13.5 Å². The van der Waals surface area contributed by atoms with E-state index in [0.29, 0.717) is 5.82 Å². The van der Waals surface area contributed by atoms with E-state index < -0.39 is 11.8 Å². The first kappa shape index (κ1) is 16.1. The van der Waals surface area contributed by atoms with E-state index in [-0.39, 0.29) is 23.1 Å². The molecule has 0 amide bonds. The van der Waals surface area contributed by atoms with Gasteiger partial charge in [0.25, 0.3) is 5.89 Å². The summed E-state index contributed by atoms with van der Waals surface area (Å²) in [4.78, 5) is 16.1. The highest BCUT2D eigenvalue weighted by molar-refractivity contribution is 6.33. The van der Waals surface area contributed by atoms with Crippen LogP contribution < -0.4 is 0 Å². The Morgan fingerprint density at radius 1 is 1.25 bits per heavy atom. The fourth-order valence-corrected chi connectivity index (χ4v) is 2.38. The van der Waals surface area contributed by atoms with E-state index in [2.05, 4.69) is 10.1 Å². The van der Waals surface area contributed by atoms with Gasteiger partial charge in [0.05, 0.1) is 5.02 Å². The van der Waals surface area contributed by atoms with Gasteiger partial charge in [-0.15, -0.1) is 0 Å². The number of carbonyl (C=O) groups is 1. The topological polar surface area (TPSA) is 65.2 Å². The number of benzene rings is 2. The highest BCUT2D eigenvalue weighted by Crippen LogP contribution is 2.22. The van der Waals surface area contributed by atoms with Crippen LogP contribution in [0.2, 0.25) is 5.02 Å². The molecule has 7 heteroatoms. The summed E-state index contributed by atoms with van der Waals surface area (Å²) < 4.78 is 23.7. The lowest BCUT2D eigenvalue weighted by molar-refractivity contribution is 0.0424. The van der Waals surface area contributed by atoms with Gasteiger partial charge in [-0.25, -0.2) is 9.18 Å². The molecule has 0 spiro atoms. The average molecular weight is 347 g/mol. The summed E-state index contributed by atoms with van der Waals surface area (Å²) in [5, 5.41) is 3.83. The molecule has 0 saturated carbocycles. The molecule has 0 N–H and O–H groups in total. The predicted octanol–water partition coefficient (Wildman–Crippen LogP) is 4.19. The van der Waals surface area contributed by atoms with E-state index in [4.69, 9.17) is 20.9 Å². The van der Waals surface area contributed by atoms with Gasteiger partial charge in [0.1, 0.15) is 11.4 Å². The molecule has 0 aliphatic carbocycles. The first-order valence-electron chi connectivity index (χ1n) is 7.06. The van der Waals surface area contributed by atoms with Crippen molar-refractivity contribution in [2.75, 3.05) is 0 Å². The van der Waals surface area contributed by atoms with Crippen LogP contribution in [0.1, 0.15) is 21.8 Å². The van der Waals surface area contributed by atoms with Crippen LogP contribution in [0.5, 0.6) is 0 Å². The Labute approximate surface area is 142 Å². The van der Waals surface area contributed by atoms with E-state index >= 15 is 0 Å². The average Bonchev–Trinajstić information content (AvgIpc) is 3.02. The zero-order valence-electron chi connectivity index (χ0n) is 12.6. The van der Waals surface area contributed by atoms with Gasteiger partial charge in [0.15, 0.2) is 6.61 Å². The predicted molar refractivity (Wildman–Crippen MR) is 85.0 cm³/mol. The standard InChI is InChI=1S/C17H12ClFN2O3/c1-10-5-2-3-6-11(10)16-20-14(24-21-16)9-23-17(22)15-12(18)7-4-8-13(15)19/h2-8H,9H2,1H3. The van der Waals surface area contributed by atoms with E-state index in [1.807, 2.05) is 31.2 Å². The number of aryl methyl sites for hydroxylation is 1. The third-order valence-electron chi connectivity index (χ3n) is 3.35. The van der Waals surface area contributed by atoms with E-state index in [9.17, 15) is 9.18 Å². The van der Waals surface area contributed by atoms with Crippen molar-refractivity contribution in [2.24, 2.45) is 0 Å². The maximum absolute atomic E-state index is 13.7. The maximum atomic E-state index is 13.7. The van der Waals surface area contributed by atoms with Gasteiger partial charge < -0.3 is 9.26 Å². The van der Waals surface area contributed by atoms with Crippen LogP contribution >= 0.6 is 11.6 Å². The van der Waals surface area contributed by atoms with Crippen molar-refractivity contribution in [3.8, 4) is 11.4 Å². The number of aromatic nitrogens is 2. The fourth-order valence-electron chi connectivity index (χ4n) is 2.14. The lowest BCUT2D eigenvalue weighted by atomic mass is 10.1. The van der Waals surface area contributed by atoms with Gasteiger partial charge in [-0.3, -0.25) is 0 Å². The van der Waals surface area contributed by atoms with Crippen LogP contribution in [-0.2, 0) is 11.3 Å². The molecular weight excluding hydrogens is 335 g/mol. The van der Waals surface area contributed by atoms with Crippen LogP contribution in [-0.4, -0.2) is 16.1 Å². The van der Waals surface area contributed by atoms with Gasteiger partial charge >= 0.3 is 5.97 Å². The van der Waals surface area contributed by atoms with Crippen molar-refractivity contribution in [3.63, 3.8) is 0 Å². The molecule has 0 bridgehead atoms.